The van der Waals surface area contributed by atoms with Gasteiger partial charge in [-0.2, -0.15) is 13.9 Å². The lowest BCUT2D eigenvalue weighted by atomic mass is 10.2. The molecule has 2 N–H and O–H groups in total. The molecule has 0 atom stereocenters. The number of hydrogen-bond acceptors (Lipinski definition) is 4. The smallest absolute Gasteiger partial charge is 0.387 e. The van der Waals surface area contributed by atoms with Crippen LogP contribution in [0.15, 0.2) is 47.6 Å². The summed E-state index contributed by atoms with van der Waals surface area (Å²) < 4.78 is 31.6. The zero-order chi connectivity index (χ0) is 22.4. The number of rotatable bonds is 7. The van der Waals surface area contributed by atoms with E-state index in [4.69, 9.17) is 11.6 Å². The summed E-state index contributed by atoms with van der Waals surface area (Å²) in [5.74, 6) is 1.29. The Hall–Kier alpha value is -3.20. The van der Waals surface area contributed by atoms with Crippen LogP contribution in [0.5, 0.6) is 5.75 Å². The standard InChI is InChI=1S/C21H23ClF2N6O/c1-13-8-14(2)30(29-13)19-7-4-15(10-26-19)11-27-21(25-3)28-12-16-9-17(22)5-6-18(16)31-20(23)24/h4-10,20H,11-12H2,1-3H3,(H2,25,27,28). The molecule has 31 heavy (non-hydrogen) atoms. The maximum absolute atomic E-state index is 12.6. The molecule has 0 spiro atoms. The van der Waals surface area contributed by atoms with Crippen molar-refractivity contribution < 1.29 is 13.5 Å². The molecule has 0 aliphatic carbocycles. The zero-order valence-electron chi connectivity index (χ0n) is 17.4. The fourth-order valence-electron chi connectivity index (χ4n) is 2.99. The number of hydrogen-bond donors (Lipinski definition) is 2. The van der Waals surface area contributed by atoms with Crippen LogP contribution in [0, 0.1) is 13.8 Å². The van der Waals surface area contributed by atoms with Gasteiger partial charge in [-0.25, -0.2) is 9.67 Å². The van der Waals surface area contributed by atoms with Gasteiger partial charge in [0.1, 0.15) is 5.75 Å². The van der Waals surface area contributed by atoms with Gasteiger partial charge in [0, 0.05) is 42.6 Å². The lowest BCUT2D eigenvalue weighted by molar-refractivity contribution is -0.0504. The molecule has 2 heterocycles. The molecule has 2 aromatic heterocycles. The molecular formula is C21H23ClF2N6O. The predicted octanol–water partition coefficient (Wildman–Crippen LogP) is 4.00. The van der Waals surface area contributed by atoms with Crippen LogP contribution < -0.4 is 15.4 Å². The van der Waals surface area contributed by atoms with Crippen molar-refractivity contribution in [1.82, 2.24) is 25.4 Å². The van der Waals surface area contributed by atoms with Gasteiger partial charge in [0.25, 0.3) is 0 Å². The Balaban J connectivity index is 1.59. The first kappa shape index (κ1) is 22.5. The number of aliphatic imine (C=N–C) groups is 1. The van der Waals surface area contributed by atoms with Crippen LogP contribution >= 0.6 is 11.6 Å². The molecule has 7 nitrogen and oxygen atoms in total. The molecule has 0 saturated carbocycles. The van der Waals surface area contributed by atoms with E-state index in [0.717, 1.165) is 22.8 Å². The van der Waals surface area contributed by atoms with Gasteiger partial charge in [-0.3, -0.25) is 4.99 Å². The van der Waals surface area contributed by atoms with E-state index in [1.54, 1.807) is 24.0 Å². The highest BCUT2D eigenvalue weighted by Gasteiger charge is 2.11. The summed E-state index contributed by atoms with van der Waals surface area (Å²) in [5.41, 5.74) is 3.38. The van der Waals surface area contributed by atoms with E-state index in [0.29, 0.717) is 23.1 Å². The molecule has 10 heteroatoms. The number of ether oxygens (including phenoxy) is 1. The van der Waals surface area contributed by atoms with Gasteiger partial charge in [0.05, 0.1) is 5.69 Å². The third-order valence-corrected chi connectivity index (χ3v) is 4.64. The summed E-state index contributed by atoms with van der Waals surface area (Å²) in [6, 6.07) is 10.3. The molecule has 164 valence electrons. The first-order valence-corrected chi connectivity index (χ1v) is 9.90. The average molecular weight is 449 g/mol. The number of aryl methyl sites for hydroxylation is 2. The molecule has 0 amide bonds. The second-order valence-electron chi connectivity index (χ2n) is 6.77. The number of halogens is 3. The van der Waals surface area contributed by atoms with E-state index < -0.39 is 6.61 Å². The summed E-state index contributed by atoms with van der Waals surface area (Å²) in [4.78, 5) is 8.62. The second kappa shape index (κ2) is 10.2. The summed E-state index contributed by atoms with van der Waals surface area (Å²) >= 11 is 5.98. The number of aromatic nitrogens is 3. The van der Waals surface area contributed by atoms with Crippen molar-refractivity contribution in [1.29, 1.82) is 0 Å². The Kier molecular flexibility index (Phi) is 7.41. The van der Waals surface area contributed by atoms with E-state index in [1.165, 1.54) is 12.1 Å². The van der Waals surface area contributed by atoms with E-state index in [-0.39, 0.29) is 12.3 Å². The molecule has 0 fully saturated rings. The lowest BCUT2D eigenvalue weighted by Gasteiger charge is -2.15. The third kappa shape index (κ3) is 6.14. The maximum atomic E-state index is 12.6. The molecule has 0 bridgehead atoms. The van der Waals surface area contributed by atoms with Crippen molar-refractivity contribution in [3.8, 4) is 11.6 Å². The van der Waals surface area contributed by atoms with Crippen molar-refractivity contribution in [2.45, 2.75) is 33.5 Å². The van der Waals surface area contributed by atoms with E-state index in [9.17, 15) is 8.78 Å². The van der Waals surface area contributed by atoms with Crippen LogP contribution in [-0.2, 0) is 13.1 Å². The number of nitrogens with zero attached hydrogens (tertiary/aromatic N) is 4. The number of benzene rings is 1. The summed E-state index contributed by atoms with van der Waals surface area (Å²) in [7, 11) is 1.62. The van der Waals surface area contributed by atoms with Crippen LogP contribution in [0.25, 0.3) is 5.82 Å². The van der Waals surface area contributed by atoms with E-state index in [1.807, 2.05) is 32.0 Å². The maximum Gasteiger partial charge on any atom is 0.387 e. The second-order valence-corrected chi connectivity index (χ2v) is 7.21. The first-order valence-electron chi connectivity index (χ1n) is 9.52. The summed E-state index contributed by atoms with van der Waals surface area (Å²) in [6.07, 6.45) is 1.76. The number of nitrogens with one attached hydrogen (secondary N) is 2. The fraction of sp³-hybridized carbons (Fsp3) is 0.286. The van der Waals surface area contributed by atoms with Crippen LogP contribution in [0.3, 0.4) is 0 Å². The van der Waals surface area contributed by atoms with E-state index >= 15 is 0 Å². The summed E-state index contributed by atoms with van der Waals surface area (Å²) in [6.45, 7) is 1.68. The quantitative estimate of drug-likeness (QED) is 0.422. The lowest BCUT2D eigenvalue weighted by Crippen LogP contribution is -2.36. The van der Waals surface area contributed by atoms with Crippen molar-refractivity contribution >= 4 is 17.6 Å². The molecule has 0 radical (unpaired) electrons. The van der Waals surface area contributed by atoms with Gasteiger partial charge in [-0.15, -0.1) is 0 Å². The molecule has 1 aromatic carbocycles. The molecule has 0 unspecified atom stereocenters. The van der Waals surface area contributed by atoms with Crippen LogP contribution in [0.1, 0.15) is 22.5 Å². The Morgan fingerprint density at radius 1 is 1.16 bits per heavy atom. The molecule has 3 aromatic rings. The molecule has 3 rings (SSSR count). The Morgan fingerprint density at radius 3 is 2.55 bits per heavy atom. The topological polar surface area (TPSA) is 76.4 Å². The minimum absolute atomic E-state index is 0.0614. The highest BCUT2D eigenvalue weighted by atomic mass is 35.5. The largest absolute Gasteiger partial charge is 0.434 e. The minimum Gasteiger partial charge on any atom is -0.434 e. The molecule has 0 aliphatic rings. The highest BCUT2D eigenvalue weighted by molar-refractivity contribution is 6.30. The molecular weight excluding hydrogens is 426 g/mol. The van der Waals surface area contributed by atoms with Gasteiger partial charge in [-0.05, 0) is 49.7 Å². The molecule has 0 saturated heterocycles. The van der Waals surface area contributed by atoms with Gasteiger partial charge in [-0.1, -0.05) is 17.7 Å². The minimum atomic E-state index is -2.91. The Bertz CT molecular complexity index is 1050. The predicted molar refractivity (Wildman–Crippen MR) is 116 cm³/mol. The highest BCUT2D eigenvalue weighted by Crippen LogP contribution is 2.24. The molecule has 0 aliphatic heterocycles. The third-order valence-electron chi connectivity index (χ3n) is 4.40. The van der Waals surface area contributed by atoms with Crippen LogP contribution in [-0.4, -0.2) is 34.4 Å². The van der Waals surface area contributed by atoms with Gasteiger partial charge in [0.2, 0.25) is 0 Å². The SMILES string of the molecule is CN=C(NCc1ccc(-n2nc(C)cc2C)nc1)NCc1cc(Cl)ccc1OC(F)F. The Labute approximate surface area is 184 Å². The van der Waals surface area contributed by atoms with Gasteiger partial charge in [0.15, 0.2) is 11.8 Å². The number of alkyl halides is 2. The summed E-state index contributed by atoms with van der Waals surface area (Å²) in [5, 5.41) is 11.1. The van der Waals surface area contributed by atoms with Crippen molar-refractivity contribution in [2.75, 3.05) is 7.05 Å². The normalized spacial score (nSPS) is 11.6. The van der Waals surface area contributed by atoms with Crippen molar-refractivity contribution in [3.05, 3.63) is 70.1 Å². The number of guanidine groups is 1. The van der Waals surface area contributed by atoms with Crippen molar-refractivity contribution in [3.63, 3.8) is 0 Å². The first-order chi connectivity index (χ1) is 14.9. The van der Waals surface area contributed by atoms with Crippen molar-refractivity contribution in [2.24, 2.45) is 4.99 Å². The van der Waals surface area contributed by atoms with Crippen LogP contribution in [0.2, 0.25) is 5.02 Å². The Morgan fingerprint density at radius 2 is 1.94 bits per heavy atom. The fourth-order valence-corrected chi connectivity index (χ4v) is 3.18. The van der Waals surface area contributed by atoms with E-state index in [2.05, 4.69) is 30.4 Å². The number of pyridine rings is 1. The van der Waals surface area contributed by atoms with Crippen LogP contribution in [0.4, 0.5) is 8.78 Å². The monoisotopic (exact) mass is 448 g/mol. The zero-order valence-corrected chi connectivity index (χ0v) is 18.1. The van der Waals surface area contributed by atoms with Gasteiger partial charge < -0.3 is 15.4 Å². The average Bonchev–Trinajstić information content (AvgIpc) is 3.08. The van der Waals surface area contributed by atoms with Gasteiger partial charge >= 0.3 is 6.61 Å².